The van der Waals surface area contributed by atoms with E-state index in [9.17, 15) is 9.59 Å². The van der Waals surface area contributed by atoms with Crippen molar-refractivity contribution in [1.29, 1.82) is 0 Å². The molecule has 1 aromatic carbocycles. The van der Waals surface area contributed by atoms with E-state index < -0.39 is 0 Å². The Kier molecular flexibility index (Phi) is 4.96. The van der Waals surface area contributed by atoms with Crippen LogP contribution in [0.15, 0.2) is 24.3 Å². The number of amides is 2. The topological polar surface area (TPSA) is 75.4 Å². The standard InChI is InChI=1S/C18H25N3O2/c19-16-6-4-5-15(16)18(23)20-13-8-10-14(11-9-13)21-12-3-1-2-7-17(21)22/h8-11,15-16H,1-7,12,19H2,(H,20,23). The summed E-state index contributed by atoms with van der Waals surface area (Å²) in [5, 5.41) is 2.95. The van der Waals surface area contributed by atoms with Crippen LogP contribution in [0.4, 0.5) is 11.4 Å². The molecule has 0 aromatic heterocycles. The van der Waals surface area contributed by atoms with Gasteiger partial charge in [-0.05, 0) is 49.9 Å². The molecule has 2 unspecified atom stereocenters. The van der Waals surface area contributed by atoms with Crippen molar-refractivity contribution in [2.75, 3.05) is 16.8 Å². The summed E-state index contributed by atoms with van der Waals surface area (Å²) in [6.45, 7) is 0.779. The Hall–Kier alpha value is -1.88. The molecule has 5 nitrogen and oxygen atoms in total. The quantitative estimate of drug-likeness (QED) is 0.900. The van der Waals surface area contributed by atoms with Gasteiger partial charge in [0.15, 0.2) is 0 Å². The van der Waals surface area contributed by atoms with Gasteiger partial charge in [-0.15, -0.1) is 0 Å². The highest BCUT2D eigenvalue weighted by Gasteiger charge is 2.30. The fourth-order valence-electron chi connectivity index (χ4n) is 3.53. The molecular formula is C18H25N3O2. The van der Waals surface area contributed by atoms with E-state index in [1.165, 1.54) is 0 Å². The smallest absolute Gasteiger partial charge is 0.229 e. The largest absolute Gasteiger partial charge is 0.327 e. The number of anilines is 2. The lowest BCUT2D eigenvalue weighted by Gasteiger charge is -2.21. The zero-order chi connectivity index (χ0) is 16.2. The average molecular weight is 315 g/mol. The molecule has 3 rings (SSSR count). The summed E-state index contributed by atoms with van der Waals surface area (Å²) in [4.78, 5) is 26.2. The predicted octanol–water partition coefficient (Wildman–Crippen LogP) is 2.66. The van der Waals surface area contributed by atoms with E-state index in [-0.39, 0.29) is 23.8 Å². The molecule has 1 aromatic rings. The highest BCUT2D eigenvalue weighted by Crippen LogP contribution is 2.26. The van der Waals surface area contributed by atoms with E-state index in [1.54, 1.807) is 0 Å². The Bertz CT molecular complexity index is 570. The molecule has 124 valence electrons. The number of rotatable bonds is 3. The van der Waals surface area contributed by atoms with Gasteiger partial charge in [0.2, 0.25) is 11.8 Å². The Balaban J connectivity index is 1.64. The van der Waals surface area contributed by atoms with Crippen LogP contribution in [-0.4, -0.2) is 24.4 Å². The molecule has 5 heteroatoms. The average Bonchev–Trinajstić information content (AvgIpc) is 2.86. The van der Waals surface area contributed by atoms with Crippen molar-refractivity contribution in [3.63, 3.8) is 0 Å². The first-order valence-corrected chi connectivity index (χ1v) is 8.62. The minimum atomic E-state index is -0.0816. The Morgan fingerprint density at radius 3 is 2.57 bits per heavy atom. The van der Waals surface area contributed by atoms with Crippen molar-refractivity contribution < 1.29 is 9.59 Å². The summed E-state index contributed by atoms with van der Waals surface area (Å²) in [6.07, 6.45) is 6.57. The van der Waals surface area contributed by atoms with Crippen molar-refractivity contribution in [3.8, 4) is 0 Å². The van der Waals surface area contributed by atoms with Crippen LogP contribution < -0.4 is 16.0 Å². The molecule has 2 amide bonds. The van der Waals surface area contributed by atoms with Crippen LogP contribution in [0.3, 0.4) is 0 Å². The fourth-order valence-corrected chi connectivity index (χ4v) is 3.53. The van der Waals surface area contributed by atoms with Gasteiger partial charge in [0.05, 0.1) is 5.92 Å². The van der Waals surface area contributed by atoms with Crippen molar-refractivity contribution >= 4 is 23.2 Å². The van der Waals surface area contributed by atoms with E-state index in [1.807, 2.05) is 29.2 Å². The molecule has 1 aliphatic heterocycles. The number of carbonyl (C=O) groups is 2. The van der Waals surface area contributed by atoms with E-state index >= 15 is 0 Å². The molecule has 1 saturated heterocycles. The minimum absolute atomic E-state index is 0.00796. The SMILES string of the molecule is NC1CCCC1C(=O)Nc1ccc(N2CCCCCC2=O)cc1. The highest BCUT2D eigenvalue weighted by atomic mass is 16.2. The third-order valence-corrected chi connectivity index (χ3v) is 4.93. The maximum absolute atomic E-state index is 12.3. The highest BCUT2D eigenvalue weighted by molar-refractivity contribution is 5.95. The van der Waals surface area contributed by atoms with Crippen LogP contribution in [0.2, 0.25) is 0 Å². The number of carbonyl (C=O) groups excluding carboxylic acids is 2. The maximum Gasteiger partial charge on any atom is 0.229 e. The lowest BCUT2D eigenvalue weighted by molar-refractivity contribution is -0.120. The van der Waals surface area contributed by atoms with Crippen LogP contribution in [0.5, 0.6) is 0 Å². The third-order valence-electron chi connectivity index (χ3n) is 4.93. The van der Waals surface area contributed by atoms with Crippen molar-refractivity contribution in [2.24, 2.45) is 11.7 Å². The van der Waals surface area contributed by atoms with Gasteiger partial charge in [0, 0.05) is 30.4 Å². The summed E-state index contributed by atoms with van der Waals surface area (Å²) in [7, 11) is 0. The fraction of sp³-hybridized carbons (Fsp3) is 0.556. The van der Waals surface area contributed by atoms with E-state index in [0.29, 0.717) is 6.42 Å². The zero-order valence-corrected chi connectivity index (χ0v) is 13.5. The first-order valence-electron chi connectivity index (χ1n) is 8.62. The van der Waals surface area contributed by atoms with Gasteiger partial charge in [-0.3, -0.25) is 9.59 Å². The molecular weight excluding hydrogens is 290 g/mol. The molecule has 1 saturated carbocycles. The maximum atomic E-state index is 12.3. The lowest BCUT2D eigenvalue weighted by atomic mass is 10.0. The monoisotopic (exact) mass is 315 g/mol. The van der Waals surface area contributed by atoms with Crippen LogP contribution >= 0.6 is 0 Å². The van der Waals surface area contributed by atoms with Gasteiger partial charge in [-0.25, -0.2) is 0 Å². The first kappa shape index (κ1) is 16.0. The number of benzene rings is 1. The van der Waals surface area contributed by atoms with Crippen LogP contribution in [0.25, 0.3) is 0 Å². The molecule has 1 aliphatic carbocycles. The molecule has 2 aliphatic rings. The molecule has 1 heterocycles. The van der Waals surface area contributed by atoms with Crippen molar-refractivity contribution in [3.05, 3.63) is 24.3 Å². The summed E-state index contributed by atoms with van der Waals surface area (Å²) >= 11 is 0. The molecule has 23 heavy (non-hydrogen) atoms. The summed E-state index contributed by atoms with van der Waals surface area (Å²) in [6, 6.07) is 7.53. The van der Waals surface area contributed by atoms with E-state index in [4.69, 9.17) is 5.73 Å². The lowest BCUT2D eigenvalue weighted by Crippen LogP contribution is -2.34. The van der Waals surface area contributed by atoms with Crippen LogP contribution in [0, 0.1) is 5.92 Å². The second-order valence-corrected chi connectivity index (χ2v) is 6.59. The van der Waals surface area contributed by atoms with Gasteiger partial charge >= 0.3 is 0 Å². The van der Waals surface area contributed by atoms with Crippen LogP contribution in [-0.2, 0) is 9.59 Å². The summed E-state index contributed by atoms with van der Waals surface area (Å²) in [5.74, 6) is 0.117. The summed E-state index contributed by atoms with van der Waals surface area (Å²) < 4.78 is 0. The number of hydrogen-bond donors (Lipinski definition) is 2. The molecule has 2 fully saturated rings. The predicted molar refractivity (Wildman–Crippen MR) is 91.2 cm³/mol. The normalized spacial score (nSPS) is 25.3. The molecule has 0 bridgehead atoms. The zero-order valence-electron chi connectivity index (χ0n) is 13.5. The number of hydrogen-bond acceptors (Lipinski definition) is 3. The second-order valence-electron chi connectivity index (χ2n) is 6.59. The third kappa shape index (κ3) is 3.72. The number of nitrogens with two attached hydrogens (primary N) is 1. The van der Waals surface area contributed by atoms with Gasteiger partial charge in [0.1, 0.15) is 0 Å². The molecule has 0 radical (unpaired) electrons. The van der Waals surface area contributed by atoms with Crippen LogP contribution in [0.1, 0.15) is 44.9 Å². The molecule has 2 atom stereocenters. The van der Waals surface area contributed by atoms with Gasteiger partial charge in [-0.2, -0.15) is 0 Å². The van der Waals surface area contributed by atoms with Gasteiger partial charge in [0.25, 0.3) is 0 Å². The number of nitrogens with zero attached hydrogens (tertiary/aromatic N) is 1. The van der Waals surface area contributed by atoms with E-state index in [2.05, 4.69) is 5.32 Å². The minimum Gasteiger partial charge on any atom is -0.327 e. The number of nitrogens with one attached hydrogen (secondary N) is 1. The first-order chi connectivity index (χ1) is 11.1. The Morgan fingerprint density at radius 2 is 1.87 bits per heavy atom. The van der Waals surface area contributed by atoms with E-state index in [0.717, 1.165) is 56.4 Å². The van der Waals surface area contributed by atoms with Gasteiger partial charge < -0.3 is 16.0 Å². The van der Waals surface area contributed by atoms with Gasteiger partial charge in [-0.1, -0.05) is 12.8 Å². The Morgan fingerprint density at radius 1 is 1.09 bits per heavy atom. The molecule has 3 N–H and O–H groups in total. The Labute approximate surface area is 137 Å². The van der Waals surface area contributed by atoms with Crippen molar-refractivity contribution in [1.82, 2.24) is 0 Å². The van der Waals surface area contributed by atoms with Crippen molar-refractivity contribution in [2.45, 2.75) is 51.0 Å². The summed E-state index contributed by atoms with van der Waals surface area (Å²) in [5.41, 5.74) is 7.65. The second kappa shape index (κ2) is 7.13. The molecule has 0 spiro atoms.